The molecule has 9 heteroatoms. The maximum atomic E-state index is 13.8. The molecule has 3 amide bonds. The van der Waals surface area contributed by atoms with E-state index < -0.39 is 6.04 Å². The van der Waals surface area contributed by atoms with Crippen LogP contribution in [0, 0.1) is 12.8 Å². The van der Waals surface area contributed by atoms with Crippen molar-refractivity contribution in [1.29, 1.82) is 0 Å². The van der Waals surface area contributed by atoms with E-state index in [1.165, 1.54) is 0 Å². The van der Waals surface area contributed by atoms with E-state index in [0.29, 0.717) is 42.1 Å². The van der Waals surface area contributed by atoms with E-state index in [1.54, 1.807) is 58.9 Å². The van der Waals surface area contributed by atoms with Gasteiger partial charge < -0.3 is 20.2 Å². The molecule has 1 aromatic heterocycles. The summed E-state index contributed by atoms with van der Waals surface area (Å²) in [4.78, 5) is 43.0. The molecule has 2 aromatic carbocycles. The number of nitrogens with one attached hydrogen (secondary N) is 1. The summed E-state index contributed by atoms with van der Waals surface area (Å²) >= 11 is 0. The second-order valence-corrected chi connectivity index (χ2v) is 10.4. The predicted octanol–water partition coefficient (Wildman–Crippen LogP) is 2.90. The number of amides is 3. The zero-order valence-corrected chi connectivity index (χ0v) is 22.1. The molecule has 2 aliphatic rings. The molecular weight excluding hydrogens is 482 g/mol. The summed E-state index contributed by atoms with van der Waals surface area (Å²) in [6.07, 6.45) is 2.95. The summed E-state index contributed by atoms with van der Waals surface area (Å²) in [6.45, 7) is 4.43. The van der Waals surface area contributed by atoms with Gasteiger partial charge in [-0.2, -0.15) is 5.10 Å². The Balaban J connectivity index is 1.39. The molecule has 3 aromatic rings. The molecule has 5 rings (SSSR count). The molecule has 1 fully saturated rings. The van der Waals surface area contributed by atoms with Crippen molar-refractivity contribution in [2.24, 2.45) is 13.0 Å². The molecule has 0 bridgehead atoms. The Morgan fingerprint density at radius 3 is 2.58 bits per heavy atom. The van der Waals surface area contributed by atoms with Crippen LogP contribution in [0.2, 0.25) is 0 Å². The third kappa shape index (κ3) is 4.69. The van der Waals surface area contributed by atoms with Crippen molar-refractivity contribution >= 4 is 23.4 Å². The topological polar surface area (TPSA) is 108 Å². The van der Waals surface area contributed by atoms with Crippen LogP contribution in [0.25, 0.3) is 11.3 Å². The van der Waals surface area contributed by atoms with Gasteiger partial charge >= 0.3 is 0 Å². The number of hydrogen-bond donors (Lipinski definition) is 2. The fourth-order valence-electron chi connectivity index (χ4n) is 5.38. The van der Waals surface area contributed by atoms with Crippen LogP contribution in [0.15, 0.2) is 48.7 Å². The van der Waals surface area contributed by atoms with Crippen molar-refractivity contribution in [2.75, 3.05) is 18.5 Å². The van der Waals surface area contributed by atoms with Gasteiger partial charge in [0.05, 0.1) is 29.2 Å². The number of benzene rings is 2. The Bertz CT molecular complexity index is 1390. The second kappa shape index (κ2) is 10.1. The van der Waals surface area contributed by atoms with Gasteiger partial charge in [0.2, 0.25) is 5.91 Å². The lowest BCUT2D eigenvalue weighted by molar-refractivity contribution is -0.122. The molecule has 0 radical (unpaired) electrons. The highest BCUT2D eigenvalue weighted by atomic mass is 16.3. The lowest BCUT2D eigenvalue weighted by atomic mass is 9.82. The minimum atomic E-state index is -0.690. The van der Waals surface area contributed by atoms with Crippen LogP contribution in [-0.4, -0.2) is 63.2 Å². The Hall–Kier alpha value is -3.98. The maximum Gasteiger partial charge on any atom is 0.256 e. The molecule has 2 N–H and O–H groups in total. The number of aryl methyl sites for hydroxylation is 2. The molecule has 38 heavy (non-hydrogen) atoms. The number of fused-ring (bicyclic) bond motifs is 1. The molecule has 0 spiro atoms. The van der Waals surface area contributed by atoms with Crippen LogP contribution in [0.1, 0.15) is 51.6 Å². The summed E-state index contributed by atoms with van der Waals surface area (Å²) in [5, 5.41) is 16.7. The molecule has 2 heterocycles. The van der Waals surface area contributed by atoms with Crippen LogP contribution in [-0.2, 0) is 18.4 Å². The number of aliphatic hydroxyl groups excluding tert-OH is 1. The Morgan fingerprint density at radius 2 is 1.89 bits per heavy atom. The first kappa shape index (κ1) is 25.7. The SMILES string of the molecule is Cc1cnn(C)c1-c1ccc2c(c1)N(C)C(=O)[C@@H](C)N(Cc1cccc(C(=O)NCC3CC(O)C3)c1)C2=O. The normalized spacial score (nSPS) is 21.1. The van der Waals surface area contributed by atoms with E-state index >= 15 is 0 Å². The number of likely N-dealkylation sites (N-methyl/N-ethyl adjacent to an activating group) is 1. The highest BCUT2D eigenvalue weighted by molar-refractivity contribution is 6.11. The Labute approximate surface area is 222 Å². The number of rotatable bonds is 6. The quantitative estimate of drug-likeness (QED) is 0.525. The fraction of sp³-hybridized carbons (Fsp3) is 0.379. The molecule has 0 saturated heterocycles. The van der Waals surface area contributed by atoms with E-state index in [2.05, 4.69) is 10.4 Å². The van der Waals surface area contributed by atoms with Crippen molar-refractivity contribution < 1.29 is 19.5 Å². The molecule has 1 atom stereocenters. The first-order valence-electron chi connectivity index (χ1n) is 12.9. The highest BCUT2D eigenvalue weighted by Crippen LogP contribution is 2.33. The van der Waals surface area contributed by atoms with Crippen LogP contribution < -0.4 is 10.2 Å². The molecule has 1 aliphatic carbocycles. The van der Waals surface area contributed by atoms with Crippen molar-refractivity contribution in [3.05, 3.63) is 70.9 Å². The van der Waals surface area contributed by atoms with Gasteiger partial charge in [0.15, 0.2) is 0 Å². The number of hydrogen-bond acceptors (Lipinski definition) is 5. The third-order valence-corrected chi connectivity index (χ3v) is 7.71. The minimum absolute atomic E-state index is 0.187. The van der Waals surface area contributed by atoms with Crippen molar-refractivity contribution in [3.8, 4) is 11.3 Å². The number of aliphatic hydroxyl groups is 1. The number of anilines is 1. The summed E-state index contributed by atoms with van der Waals surface area (Å²) in [5.41, 5.74) is 5.08. The Kier molecular flexibility index (Phi) is 6.79. The van der Waals surface area contributed by atoms with Gasteiger partial charge in [0, 0.05) is 38.3 Å². The molecule has 198 valence electrons. The maximum absolute atomic E-state index is 13.8. The van der Waals surface area contributed by atoms with Crippen LogP contribution in [0.5, 0.6) is 0 Å². The van der Waals surface area contributed by atoms with Gasteiger partial charge in [-0.15, -0.1) is 0 Å². The van der Waals surface area contributed by atoms with Gasteiger partial charge in [-0.25, -0.2) is 0 Å². The summed E-state index contributed by atoms with van der Waals surface area (Å²) in [5.74, 6) is -0.315. The lowest BCUT2D eigenvalue weighted by Crippen LogP contribution is -2.45. The Morgan fingerprint density at radius 1 is 1.13 bits per heavy atom. The summed E-state index contributed by atoms with van der Waals surface area (Å²) in [6, 6.07) is 12.0. The van der Waals surface area contributed by atoms with E-state index in [1.807, 2.05) is 32.2 Å². The van der Waals surface area contributed by atoms with Gasteiger partial charge in [-0.1, -0.05) is 18.2 Å². The minimum Gasteiger partial charge on any atom is -0.393 e. The zero-order valence-electron chi connectivity index (χ0n) is 22.1. The van der Waals surface area contributed by atoms with Gasteiger partial charge in [-0.05, 0) is 68.0 Å². The average Bonchev–Trinajstić information content (AvgIpc) is 3.21. The number of nitrogens with zero attached hydrogens (tertiary/aromatic N) is 4. The zero-order chi connectivity index (χ0) is 27.1. The van der Waals surface area contributed by atoms with Crippen LogP contribution in [0.4, 0.5) is 5.69 Å². The molecular formula is C29H33N5O4. The molecule has 1 saturated carbocycles. The van der Waals surface area contributed by atoms with E-state index in [4.69, 9.17) is 0 Å². The molecule has 1 aliphatic heterocycles. The summed E-state index contributed by atoms with van der Waals surface area (Å²) < 4.78 is 1.78. The molecule has 0 unspecified atom stereocenters. The van der Waals surface area contributed by atoms with Crippen molar-refractivity contribution in [1.82, 2.24) is 20.0 Å². The lowest BCUT2D eigenvalue weighted by Gasteiger charge is -2.31. The molecule has 9 nitrogen and oxygen atoms in total. The third-order valence-electron chi connectivity index (χ3n) is 7.71. The first-order chi connectivity index (χ1) is 18.1. The van der Waals surface area contributed by atoms with Gasteiger partial charge in [-0.3, -0.25) is 19.1 Å². The smallest absolute Gasteiger partial charge is 0.256 e. The van der Waals surface area contributed by atoms with Crippen LogP contribution in [0.3, 0.4) is 0 Å². The number of aromatic nitrogens is 2. The second-order valence-electron chi connectivity index (χ2n) is 10.4. The van der Waals surface area contributed by atoms with Gasteiger partial charge in [0.25, 0.3) is 11.8 Å². The number of carbonyl (C=O) groups excluding carboxylic acids is 3. The van der Waals surface area contributed by atoms with Crippen molar-refractivity contribution in [3.63, 3.8) is 0 Å². The largest absolute Gasteiger partial charge is 0.393 e. The van der Waals surface area contributed by atoms with E-state index in [0.717, 1.165) is 22.4 Å². The van der Waals surface area contributed by atoms with Crippen molar-refractivity contribution in [2.45, 2.75) is 45.4 Å². The highest BCUT2D eigenvalue weighted by Gasteiger charge is 2.36. The van der Waals surface area contributed by atoms with E-state index in [9.17, 15) is 19.5 Å². The predicted molar refractivity (Wildman–Crippen MR) is 144 cm³/mol. The van der Waals surface area contributed by atoms with Crippen LogP contribution >= 0.6 is 0 Å². The number of carbonyl (C=O) groups is 3. The summed E-state index contributed by atoms with van der Waals surface area (Å²) in [7, 11) is 3.56. The standard InChI is InChI=1S/C29H33N5O4/c1-17-14-31-33(4)26(17)21-8-9-24-25(13-21)32(3)28(37)18(2)34(29(24)38)16-19-6-5-7-22(10-19)27(36)30-15-20-11-23(35)12-20/h5-10,13-14,18,20,23,35H,11-12,15-16H2,1-4H3,(H,30,36)/t18-,20?,23?/m1/s1. The fourth-order valence-corrected chi connectivity index (χ4v) is 5.38. The first-order valence-corrected chi connectivity index (χ1v) is 12.9. The monoisotopic (exact) mass is 515 g/mol. The van der Waals surface area contributed by atoms with Gasteiger partial charge in [0.1, 0.15) is 6.04 Å². The van der Waals surface area contributed by atoms with E-state index in [-0.39, 0.29) is 30.4 Å². The average molecular weight is 516 g/mol.